The first kappa shape index (κ1) is 24.9. The lowest BCUT2D eigenvalue weighted by Crippen LogP contribution is -2.30. The van der Waals surface area contributed by atoms with E-state index < -0.39 is 0 Å². The highest BCUT2D eigenvalue weighted by Crippen LogP contribution is 2.23. The maximum absolute atomic E-state index is 6.13. The SMILES string of the molecule is CC(C)OCCC(C)(C)Oc1ccc(COC(C)(C)CCOC(C)(C)C)cc1. The van der Waals surface area contributed by atoms with Gasteiger partial charge in [-0.15, -0.1) is 0 Å². The van der Waals surface area contributed by atoms with E-state index in [0.29, 0.717) is 19.8 Å². The molecule has 0 aromatic heterocycles. The van der Waals surface area contributed by atoms with E-state index in [1.54, 1.807) is 0 Å². The van der Waals surface area contributed by atoms with E-state index in [1.165, 1.54) is 0 Å². The van der Waals surface area contributed by atoms with Crippen molar-refractivity contribution in [2.45, 2.75) is 105 Å². The average molecular weight is 395 g/mol. The van der Waals surface area contributed by atoms with Crippen molar-refractivity contribution in [3.63, 3.8) is 0 Å². The third kappa shape index (κ3) is 11.7. The third-order valence-electron chi connectivity index (χ3n) is 4.34. The molecule has 0 radical (unpaired) electrons. The molecular weight excluding hydrogens is 352 g/mol. The second kappa shape index (κ2) is 10.6. The van der Waals surface area contributed by atoms with E-state index in [4.69, 9.17) is 18.9 Å². The van der Waals surface area contributed by atoms with Gasteiger partial charge in [-0.1, -0.05) is 12.1 Å². The molecule has 162 valence electrons. The van der Waals surface area contributed by atoms with Crippen LogP contribution in [-0.4, -0.2) is 36.1 Å². The summed E-state index contributed by atoms with van der Waals surface area (Å²) in [7, 11) is 0. The van der Waals surface area contributed by atoms with Crippen LogP contribution < -0.4 is 4.74 Å². The van der Waals surface area contributed by atoms with E-state index in [-0.39, 0.29) is 22.9 Å². The molecule has 0 atom stereocenters. The first-order valence-corrected chi connectivity index (χ1v) is 10.5. The fourth-order valence-corrected chi connectivity index (χ4v) is 2.52. The van der Waals surface area contributed by atoms with Gasteiger partial charge in [0.05, 0.1) is 30.5 Å². The molecule has 0 aliphatic rings. The van der Waals surface area contributed by atoms with Crippen LogP contribution in [0.1, 0.15) is 80.7 Å². The van der Waals surface area contributed by atoms with Crippen molar-refractivity contribution in [2.75, 3.05) is 13.2 Å². The lowest BCUT2D eigenvalue weighted by atomic mass is 10.1. The van der Waals surface area contributed by atoms with Crippen molar-refractivity contribution >= 4 is 0 Å². The van der Waals surface area contributed by atoms with Gasteiger partial charge >= 0.3 is 0 Å². The van der Waals surface area contributed by atoms with E-state index in [0.717, 1.165) is 24.2 Å². The number of rotatable bonds is 12. The van der Waals surface area contributed by atoms with Crippen molar-refractivity contribution in [1.29, 1.82) is 0 Å². The summed E-state index contributed by atoms with van der Waals surface area (Å²) in [5.41, 5.74) is 0.541. The van der Waals surface area contributed by atoms with E-state index in [2.05, 4.69) is 60.6 Å². The molecule has 1 aromatic rings. The van der Waals surface area contributed by atoms with Crippen LogP contribution in [0.15, 0.2) is 24.3 Å². The van der Waals surface area contributed by atoms with Gasteiger partial charge in [-0.25, -0.2) is 0 Å². The molecule has 0 saturated carbocycles. The summed E-state index contributed by atoms with van der Waals surface area (Å²) in [4.78, 5) is 0. The van der Waals surface area contributed by atoms with Crippen molar-refractivity contribution < 1.29 is 18.9 Å². The van der Waals surface area contributed by atoms with Gasteiger partial charge in [0.15, 0.2) is 0 Å². The van der Waals surface area contributed by atoms with Gasteiger partial charge in [0.2, 0.25) is 0 Å². The highest BCUT2D eigenvalue weighted by atomic mass is 16.5. The minimum atomic E-state index is -0.262. The second-order valence-corrected chi connectivity index (χ2v) is 9.93. The van der Waals surface area contributed by atoms with Crippen molar-refractivity contribution in [2.24, 2.45) is 0 Å². The lowest BCUT2D eigenvalue weighted by Gasteiger charge is -2.28. The molecule has 0 amide bonds. The summed E-state index contributed by atoms with van der Waals surface area (Å²) in [6.45, 7) is 20.7. The molecule has 4 heteroatoms. The minimum absolute atomic E-state index is 0.111. The van der Waals surface area contributed by atoms with Crippen LogP contribution in [0.4, 0.5) is 0 Å². The first-order chi connectivity index (χ1) is 12.8. The molecule has 0 bridgehead atoms. The van der Waals surface area contributed by atoms with Gasteiger partial charge in [-0.2, -0.15) is 0 Å². The zero-order valence-electron chi connectivity index (χ0n) is 19.6. The Labute approximate surface area is 172 Å². The Morgan fingerprint density at radius 3 is 1.86 bits per heavy atom. The number of ether oxygens (including phenoxy) is 4. The standard InChI is InChI=1S/C24H42O4/c1-19(2)25-16-14-24(8,9)28-21-12-10-20(11-13-21)18-27-23(6,7)15-17-26-22(3,4)5/h10-13,19H,14-18H2,1-9H3. The topological polar surface area (TPSA) is 36.9 Å². The van der Waals surface area contributed by atoms with Gasteiger partial charge in [0, 0.05) is 13.0 Å². The van der Waals surface area contributed by atoms with Crippen molar-refractivity contribution in [1.82, 2.24) is 0 Å². The lowest BCUT2D eigenvalue weighted by molar-refractivity contribution is -0.0730. The highest BCUT2D eigenvalue weighted by Gasteiger charge is 2.21. The second-order valence-electron chi connectivity index (χ2n) is 9.93. The van der Waals surface area contributed by atoms with Crippen LogP contribution in [0.2, 0.25) is 0 Å². The average Bonchev–Trinajstić information content (AvgIpc) is 2.52. The number of benzene rings is 1. The van der Waals surface area contributed by atoms with Crippen molar-refractivity contribution in [3.05, 3.63) is 29.8 Å². The van der Waals surface area contributed by atoms with Crippen LogP contribution >= 0.6 is 0 Å². The summed E-state index contributed by atoms with van der Waals surface area (Å²) < 4.78 is 23.7. The van der Waals surface area contributed by atoms with Gasteiger partial charge in [-0.3, -0.25) is 0 Å². The van der Waals surface area contributed by atoms with E-state index in [9.17, 15) is 0 Å². The highest BCUT2D eigenvalue weighted by molar-refractivity contribution is 5.27. The van der Waals surface area contributed by atoms with Gasteiger partial charge in [0.25, 0.3) is 0 Å². The monoisotopic (exact) mass is 394 g/mol. The van der Waals surface area contributed by atoms with Crippen LogP contribution in [0, 0.1) is 0 Å². The number of hydrogen-bond donors (Lipinski definition) is 0. The van der Waals surface area contributed by atoms with E-state index >= 15 is 0 Å². The fourth-order valence-electron chi connectivity index (χ4n) is 2.52. The molecule has 0 aliphatic carbocycles. The largest absolute Gasteiger partial charge is 0.488 e. The summed E-state index contributed by atoms with van der Waals surface area (Å²) in [5.74, 6) is 0.871. The molecule has 1 rings (SSSR count). The zero-order chi connectivity index (χ0) is 21.4. The Kier molecular flexibility index (Phi) is 9.45. The Hall–Kier alpha value is -1.10. The normalized spacial score (nSPS) is 13.2. The molecule has 28 heavy (non-hydrogen) atoms. The quantitative estimate of drug-likeness (QED) is 0.425. The molecular formula is C24H42O4. The van der Waals surface area contributed by atoms with Crippen LogP contribution in [0.5, 0.6) is 5.75 Å². The maximum atomic E-state index is 6.13. The van der Waals surface area contributed by atoms with Crippen LogP contribution in [-0.2, 0) is 20.8 Å². The minimum Gasteiger partial charge on any atom is -0.488 e. The zero-order valence-corrected chi connectivity index (χ0v) is 19.6. The molecule has 0 heterocycles. The Balaban J connectivity index is 2.45. The molecule has 0 spiro atoms. The Morgan fingerprint density at radius 1 is 0.750 bits per heavy atom. The molecule has 0 unspecified atom stereocenters. The molecule has 0 fully saturated rings. The Bertz CT molecular complexity index is 553. The van der Waals surface area contributed by atoms with Crippen molar-refractivity contribution in [3.8, 4) is 5.75 Å². The summed E-state index contributed by atoms with van der Waals surface area (Å²) in [6.07, 6.45) is 1.96. The Morgan fingerprint density at radius 2 is 1.32 bits per heavy atom. The maximum Gasteiger partial charge on any atom is 0.120 e. The van der Waals surface area contributed by atoms with Crippen LogP contribution in [0.3, 0.4) is 0 Å². The van der Waals surface area contributed by atoms with Crippen LogP contribution in [0.25, 0.3) is 0 Å². The molecule has 0 aliphatic heterocycles. The third-order valence-corrected chi connectivity index (χ3v) is 4.34. The summed E-state index contributed by atoms with van der Waals surface area (Å²) >= 11 is 0. The smallest absolute Gasteiger partial charge is 0.120 e. The molecule has 4 nitrogen and oxygen atoms in total. The van der Waals surface area contributed by atoms with E-state index in [1.807, 2.05) is 26.0 Å². The first-order valence-electron chi connectivity index (χ1n) is 10.5. The predicted octanol–water partition coefficient (Wildman–Crippen LogP) is 6.16. The fraction of sp³-hybridized carbons (Fsp3) is 0.750. The number of hydrogen-bond acceptors (Lipinski definition) is 4. The summed E-state index contributed by atoms with van der Waals surface area (Å²) in [6, 6.07) is 8.16. The van der Waals surface area contributed by atoms with Gasteiger partial charge in [-0.05, 0) is 86.4 Å². The molecule has 1 aromatic carbocycles. The van der Waals surface area contributed by atoms with Gasteiger partial charge < -0.3 is 18.9 Å². The molecule has 0 N–H and O–H groups in total. The predicted molar refractivity (Wildman–Crippen MR) is 116 cm³/mol. The van der Waals surface area contributed by atoms with Gasteiger partial charge in [0.1, 0.15) is 11.4 Å². The molecule has 0 saturated heterocycles. The summed E-state index contributed by atoms with van der Waals surface area (Å²) in [5, 5.41) is 0.